The molecule has 0 N–H and O–H groups in total. The van der Waals surface area contributed by atoms with E-state index in [1.165, 1.54) is 0 Å². The fraction of sp³-hybridized carbons (Fsp3) is 0.364. The molecule has 0 bridgehead atoms. The topological polar surface area (TPSA) is 40.6 Å². The molecule has 29 heavy (non-hydrogen) atoms. The first kappa shape index (κ1) is 24.1. The summed E-state index contributed by atoms with van der Waals surface area (Å²) in [7, 11) is 14.2. The van der Waals surface area contributed by atoms with E-state index >= 15 is 0 Å². The van der Waals surface area contributed by atoms with Gasteiger partial charge >= 0.3 is 187 Å². The Morgan fingerprint density at radius 3 is 1.34 bits per heavy atom. The molecule has 2 rings (SSSR count). The predicted molar refractivity (Wildman–Crippen MR) is 116 cm³/mol. The first-order valence-corrected chi connectivity index (χ1v) is 22.0. The van der Waals surface area contributed by atoms with Crippen LogP contribution in [0.2, 0.25) is 0 Å². The summed E-state index contributed by atoms with van der Waals surface area (Å²) in [6.45, 7) is 7.84. The Morgan fingerprint density at radius 1 is 0.759 bits per heavy atom. The second-order valence-electron chi connectivity index (χ2n) is 7.11. The number of benzene rings is 2. The van der Waals surface area contributed by atoms with Crippen molar-refractivity contribution in [1.29, 1.82) is 0 Å². The molecule has 2 aromatic rings. The number of amides is 2. The number of hydrogen-bond acceptors (Lipinski definition) is 2. The van der Waals surface area contributed by atoms with Gasteiger partial charge in [-0.3, -0.25) is 0 Å². The molecule has 0 saturated heterocycles. The normalized spacial score (nSPS) is 13.4. The molecule has 0 aliphatic rings. The van der Waals surface area contributed by atoms with Crippen molar-refractivity contribution in [2.75, 3.05) is 0 Å². The van der Waals surface area contributed by atoms with E-state index in [4.69, 9.17) is 17.2 Å². The van der Waals surface area contributed by atoms with Crippen LogP contribution in [0.15, 0.2) is 60.7 Å². The molecular weight excluding hydrogens is 574 g/mol. The van der Waals surface area contributed by atoms with Crippen LogP contribution in [0.25, 0.3) is 0 Å². The summed E-state index contributed by atoms with van der Waals surface area (Å²) in [5, 5.41) is 0. The molecule has 0 radical (unpaired) electrons. The van der Waals surface area contributed by atoms with Crippen LogP contribution >= 0.6 is 17.2 Å². The Kier molecular flexibility index (Phi) is 8.92. The van der Waals surface area contributed by atoms with Gasteiger partial charge in [-0.15, -0.1) is 0 Å². The van der Waals surface area contributed by atoms with E-state index in [0.29, 0.717) is 24.0 Å². The minimum atomic E-state index is -4.82. The van der Waals surface area contributed by atoms with Crippen molar-refractivity contribution in [3.63, 3.8) is 0 Å². The van der Waals surface area contributed by atoms with Gasteiger partial charge in [-0.25, -0.2) is 0 Å². The Balaban J connectivity index is 2.55. The molecule has 0 aliphatic heterocycles. The quantitative estimate of drug-likeness (QED) is 0.340. The van der Waals surface area contributed by atoms with Crippen LogP contribution in [0.5, 0.6) is 0 Å². The monoisotopic (exact) mass is 602 g/mol. The molecule has 156 valence electrons. The van der Waals surface area contributed by atoms with E-state index in [1.54, 1.807) is 30.0 Å². The Bertz CT molecular complexity index is 751. The zero-order valence-electron chi connectivity index (χ0n) is 17.3. The first-order valence-electron chi connectivity index (χ1n) is 9.90. The van der Waals surface area contributed by atoms with E-state index in [2.05, 4.69) is 0 Å². The molecule has 0 aromatic heterocycles. The summed E-state index contributed by atoms with van der Waals surface area (Å²) in [4.78, 5) is 26.9. The SMILES string of the molecule is CCC(C)[N](C(=O)c1ccccc1)[Hf]([Cl])([Cl])[N](C(=O)c1ccccc1)C(C)CC. The molecule has 2 atom stereocenters. The van der Waals surface area contributed by atoms with E-state index in [-0.39, 0.29) is 23.9 Å². The van der Waals surface area contributed by atoms with Crippen molar-refractivity contribution in [1.82, 2.24) is 5.78 Å². The fourth-order valence-electron chi connectivity index (χ4n) is 3.10. The standard InChI is InChI=1S/2C11H15NO.2ClH.Hf/c2*1-3-9(2)12-11(13)10-7-5-4-6-8-10;;;/h2*4-9H,3H2,1-2H3,(H,12,13);2*1H;/q;;;;+4/p-4. The first-order chi connectivity index (χ1) is 13.8. The third-order valence-electron chi connectivity index (χ3n) is 5.12. The van der Waals surface area contributed by atoms with Crippen LogP contribution in [-0.2, 0) is 18.2 Å². The van der Waals surface area contributed by atoms with Crippen molar-refractivity contribution in [3.05, 3.63) is 71.8 Å². The van der Waals surface area contributed by atoms with Crippen molar-refractivity contribution in [3.8, 4) is 0 Å². The van der Waals surface area contributed by atoms with E-state index < -0.39 is 18.2 Å². The summed E-state index contributed by atoms with van der Waals surface area (Å²) < 4.78 is 3.25. The van der Waals surface area contributed by atoms with Gasteiger partial charge in [-0.2, -0.15) is 0 Å². The summed E-state index contributed by atoms with van der Waals surface area (Å²) in [5.41, 5.74) is 1.05. The Labute approximate surface area is 186 Å². The average Bonchev–Trinajstić information content (AvgIpc) is 2.74. The molecule has 0 spiro atoms. The molecule has 4 nitrogen and oxygen atoms in total. The molecule has 7 heteroatoms. The molecule has 0 aliphatic carbocycles. The van der Waals surface area contributed by atoms with Crippen molar-refractivity contribution >= 4 is 29.0 Å². The Morgan fingerprint density at radius 2 is 1.07 bits per heavy atom. The fourth-order valence-corrected chi connectivity index (χ4v) is 19.7. The third-order valence-corrected chi connectivity index (χ3v) is 19.9. The van der Waals surface area contributed by atoms with Crippen LogP contribution < -0.4 is 0 Å². The molecule has 2 amide bonds. The van der Waals surface area contributed by atoms with Gasteiger partial charge in [-0.05, 0) is 0 Å². The van der Waals surface area contributed by atoms with Crippen LogP contribution in [0, 0.1) is 0 Å². The summed E-state index contributed by atoms with van der Waals surface area (Å²) in [5.74, 6) is -0.443. The van der Waals surface area contributed by atoms with Crippen LogP contribution in [-0.4, -0.2) is 29.7 Å². The number of nitrogens with zero attached hydrogens (tertiary/aromatic N) is 2. The van der Waals surface area contributed by atoms with Gasteiger partial charge in [-0.1, -0.05) is 0 Å². The van der Waals surface area contributed by atoms with Crippen LogP contribution in [0.4, 0.5) is 0 Å². The molecular formula is C22H28Cl2HfN2O2. The number of carbonyl (C=O) groups is 2. The molecule has 0 saturated carbocycles. The van der Waals surface area contributed by atoms with Gasteiger partial charge in [0.2, 0.25) is 0 Å². The second kappa shape index (κ2) is 10.7. The van der Waals surface area contributed by atoms with Gasteiger partial charge in [0, 0.05) is 0 Å². The van der Waals surface area contributed by atoms with Gasteiger partial charge in [0.05, 0.1) is 0 Å². The maximum absolute atomic E-state index is 13.4. The van der Waals surface area contributed by atoms with Gasteiger partial charge in [0.15, 0.2) is 0 Å². The number of rotatable bonds is 8. The van der Waals surface area contributed by atoms with Crippen LogP contribution in [0.3, 0.4) is 0 Å². The zero-order valence-corrected chi connectivity index (χ0v) is 22.4. The Hall–Kier alpha value is -1.17. The van der Waals surface area contributed by atoms with Crippen molar-refractivity contribution < 1.29 is 27.8 Å². The minimum absolute atomic E-state index is 0.186. The molecule has 2 aromatic carbocycles. The average molecular weight is 602 g/mol. The van der Waals surface area contributed by atoms with E-state index in [0.717, 1.165) is 0 Å². The molecule has 2 unspecified atom stereocenters. The van der Waals surface area contributed by atoms with Gasteiger partial charge in [0.1, 0.15) is 0 Å². The van der Waals surface area contributed by atoms with Crippen molar-refractivity contribution in [2.24, 2.45) is 0 Å². The number of halogens is 2. The molecule has 0 heterocycles. The second-order valence-corrected chi connectivity index (χ2v) is 24.4. The summed E-state index contributed by atoms with van der Waals surface area (Å²) >= 11 is -4.82. The maximum atomic E-state index is 13.4. The predicted octanol–water partition coefficient (Wildman–Crippen LogP) is 6.16. The zero-order chi connectivity index (χ0) is 21.6. The van der Waals surface area contributed by atoms with E-state index in [9.17, 15) is 9.59 Å². The number of carbonyl (C=O) groups excluding carboxylic acids is 2. The summed E-state index contributed by atoms with van der Waals surface area (Å²) in [6, 6.07) is 17.6. The van der Waals surface area contributed by atoms with Crippen LogP contribution in [0.1, 0.15) is 61.3 Å². The third kappa shape index (κ3) is 5.50. The van der Waals surface area contributed by atoms with E-state index in [1.807, 2.05) is 64.1 Å². The van der Waals surface area contributed by atoms with Crippen molar-refractivity contribution in [2.45, 2.75) is 52.6 Å². The van der Waals surface area contributed by atoms with Gasteiger partial charge in [0.25, 0.3) is 0 Å². The molecule has 0 fully saturated rings. The summed E-state index contributed by atoms with van der Waals surface area (Å²) in [6.07, 6.45) is 1.38. The number of hydrogen-bond donors (Lipinski definition) is 0. The van der Waals surface area contributed by atoms with Gasteiger partial charge < -0.3 is 0 Å².